The fourth-order valence-corrected chi connectivity index (χ4v) is 1.81. The van der Waals surface area contributed by atoms with Crippen molar-refractivity contribution in [2.24, 2.45) is 0 Å². The van der Waals surface area contributed by atoms with Crippen molar-refractivity contribution in [3.8, 4) is 0 Å². The minimum atomic E-state index is -2.88. The summed E-state index contributed by atoms with van der Waals surface area (Å²) in [6.07, 6.45) is 0.516. The first-order chi connectivity index (χ1) is 5.67. The number of hydrogen-bond acceptors (Lipinski definition) is 3. The van der Waals surface area contributed by atoms with Gasteiger partial charge in [-0.15, -0.1) is 0 Å². The van der Waals surface area contributed by atoms with Crippen LogP contribution in [0.5, 0.6) is 0 Å². The lowest BCUT2D eigenvalue weighted by atomic mass is 10.4. The number of hydrogen-bond donors (Lipinski definition) is 1. The molecule has 0 fully saturated rings. The van der Waals surface area contributed by atoms with Gasteiger partial charge in [0.25, 0.3) is 0 Å². The number of nitrogens with one attached hydrogen (secondary N) is 1. The SMILES string of the molecule is N=S(=O)(CC=O)c1ccccc1. The number of aldehydes is 1. The van der Waals surface area contributed by atoms with Gasteiger partial charge in [-0.3, -0.25) is 0 Å². The summed E-state index contributed by atoms with van der Waals surface area (Å²) in [4.78, 5) is 10.5. The van der Waals surface area contributed by atoms with Crippen LogP contribution in [-0.4, -0.2) is 16.2 Å². The van der Waals surface area contributed by atoms with E-state index in [1.165, 1.54) is 0 Å². The van der Waals surface area contributed by atoms with Crippen molar-refractivity contribution in [2.75, 3.05) is 5.75 Å². The zero-order valence-corrected chi connectivity index (χ0v) is 7.21. The van der Waals surface area contributed by atoms with Crippen molar-refractivity contribution in [2.45, 2.75) is 4.90 Å². The maximum absolute atomic E-state index is 11.4. The van der Waals surface area contributed by atoms with Crippen molar-refractivity contribution in [3.63, 3.8) is 0 Å². The van der Waals surface area contributed by atoms with E-state index in [9.17, 15) is 9.00 Å². The van der Waals surface area contributed by atoms with Gasteiger partial charge in [0.15, 0.2) is 0 Å². The predicted octanol–water partition coefficient (Wildman–Crippen LogP) is 1.29. The number of benzene rings is 1. The first kappa shape index (κ1) is 8.93. The zero-order valence-electron chi connectivity index (χ0n) is 6.40. The summed E-state index contributed by atoms with van der Waals surface area (Å²) in [7, 11) is -2.88. The second-order valence-electron chi connectivity index (χ2n) is 2.32. The lowest BCUT2D eigenvalue weighted by Gasteiger charge is -2.01. The summed E-state index contributed by atoms with van der Waals surface area (Å²) in [5.41, 5.74) is 0. The normalized spacial score (nSPS) is 15.0. The average molecular weight is 183 g/mol. The maximum Gasteiger partial charge on any atom is 0.133 e. The van der Waals surface area contributed by atoms with Crippen molar-refractivity contribution < 1.29 is 9.00 Å². The Morgan fingerprint density at radius 1 is 1.33 bits per heavy atom. The van der Waals surface area contributed by atoms with Gasteiger partial charge in [0.2, 0.25) is 0 Å². The molecule has 0 aromatic heterocycles. The van der Waals surface area contributed by atoms with Gasteiger partial charge >= 0.3 is 0 Å². The standard InChI is InChI=1S/C8H9NO2S/c9-12(11,7-6-10)8-4-2-1-3-5-8/h1-6,9H,7H2. The molecule has 1 aromatic rings. The Bertz CT molecular complexity index is 356. The minimum Gasteiger partial charge on any atom is -0.302 e. The van der Waals surface area contributed by atoms with Gasteiger partial charge in [0, 0.05) is 4.90 Å². The second kappa shape index (κ2) is 3.49. The van der Waals surface area contributed by atoms with Crippen LogP contribution < -0.4 is 0 Å². The summed E-state index contributed by atoms with van der Waals surface area (Å²) in [5, 5.41) is 0. The van der Waals surface area contributed by atoms with Gasteiger partial charge in [0.05, 0.1) is 15.5 Å². The summed E-state index contributed by atoms with van der Waals surface area (Å²) in [5.74, 6) is -0.225. The molecular weight excluding hydrogens is 174 g/mol. The molecule has 1 atom stereocenters. The molecule has 1 N–H and O–H groups in total. The molecule has 1 aromatic carbocycles. The van der Waals surface area contributed by atoms with E-state index in [2.05, 4.69) is 0 Å². The van der Waals surface area contributed by atoms with E-state index < -0.39 is 9.73 Å². The van der Waals surface area contributed by atoms with Crippen LogP contribution in [0.1, 0.15) is 0 Å². The van der Waals surface area contributed by atoms with Crippen LogP contribution >= 0.6 is 0 Å². The van der Waals surface area contributed by atoms with Crippen molar-refractivity contribution >= 4 is 16.0 Å². The molecule has 1 rings (SSSR count). The zero-order chi connectivity index (χ0) is 9.03. The molecule has 0 bridgehead atoms. The molecule has 3 nitrogen and oxygen atoms in total. The highest BCUT2D eigenvalue weighted by Crippen LogP contribution is 2.09. The minimum absolute atomic E-state index is 0.225. The van der Waals surface area contributed by atoms with Crippen LogP contribution in [0, 0.1) is 4.78 Å². The quantitative estimate of drug-likeness (QED) is 0.718. The van der Waals surface area contributed by atoms with E-state index in [4.69, 9.17) is 4.78 Å². The third-order valence-corrected chi connectivity index (χ3v) is 3.07. The maximum atomic E-state index is 11.4. The summed E-state index contributed by atoms with van der Waals surface area (Å²) >= 11 is 0. The highest BCUT2D eigenvalue weighted by atomic mass is 32.2. The molecule has 0 radical (unpaired) electrons. The fraction of sp³-hybridized carbons (Fsp3) is 0.125. The van der Waals surface area contributed by atoms with Crippen molar-refractivity contribution in [1.29, 1.82) is 4.78 Å². The smallest absolute Gasteiger partial charge is 0.133 e. The van der Waals surface area contributed by atoms with E-state index in [1.807, 2.05) is 0 Å². The van der Waals surface area contributed by atoms with Gasteiger partial charge in [-0.05, 0) is 12.1 Å². The Morgan fingerprint density at radius 3 is 2.42 bits per heavy atom. The Labute approximate surface area is 71.4 Å². The molecular formula is C8H9NO2S. The molecule has 0 aliphatic rings. The van der Waals surface area contributed by atoms with E-state index in [-0.39, 0.29) is 5.75 Å². The predicted molar refractivity (Wildman–Crippen MR) is 46.5 cm³/mol. The molecule has 0 aliphatic carbocycles. The van der Waals surface area contributed by atoms with E-state index >= 15 is 0 Å². The Balaban J connectivity index is 3.07. The van der Waals surface area contributed by atoms with Crippen molar-refractivity contribution in [3.05, 3.63) is 30.3 Å². The highest BCUT2D eigenvalue weighted by molar-refractivity contribution is 7.93. The van der Waals surface area contributed by atoms with Crippen molar-refractivity contribution in [1.82, 2.24) is 0 Å². The molecule has 0 heterocycles. The van der Waals surface area contributed by atoms with E-state index in [0.717, 1.165) is 0 Å². The average Bonchev–Trinajstić information content (AvgIpc) is 2.06. The first-order valence-electron chi connectivity index (χ1n) is 3.42. The Kier molecular flexibility index (Phi) is 2.60. The number of rotatable bonds is 3. The van der Waals surface area contributed by atoms with Gasteiger partial charge in [-0.1, -0.05) is 18.2 Å². The first-order valence-corrected chi connectivity index (χ1v) is 5.15. The fourth-order valence-electron chi connectivity index (χ4n) is 0.832. The Morgan fingerprint density at radius 2 is 1.92 bits per heavy atom. The van der Waals surface area contributed by atoms with Crippen LogP contribution in [0.4, 0.5) is 0 Å². The second-order valence-corrected chi connectivity index (χ2v) is 4.48. The van der Waals surface area contributed by atoms with Gasteiger partial charge in [-0.25, -0.2) is 8.99 Å². The van der Waals surface area contributed by atoms with Crippen LogP contribution in [0.2, 0.25) is 0 Å². The molecule has 0 aliphatic heterocycles. The van der Waals surface area contributed by atoms with Crippen LogP contribution in [0.3, 0.4) is 0 Å². The molecule has 0 spiro atoms. The van der Waals surface area contributed by atoms with Crippen LogP contribution in [-0.2, 0) is 14.5 Å². The van der Waals surface area contributed by atoms with E-state index in [1.54, 1.807) is 30.3 Å². The molecule has 0 amide bonds. The van der Waals surface area contributed by atoms with Gasteiger partial charge in [-0.2, -0.15) is 0 Å². The van der Waals surface area contributed by atoms with Crippen LogP contribution in [0.15, 0.2) is 35.2 Å². The molecule has 4 heteroatoms. The monoisotopic (exact) mass is 183 g/mol. The highest BCUT2D eigenvalue weighted by Gasteiger charge is 2.07. The lowest BCUT2D eigenvalue weighted by Crippen LogP contribution is -2.05. The van der Waals surface area contributed by atoms with Gasteiger partial charge in [0.1, 0.15) is 6.29 Å². The third kappa shape index (κ3) is 1.92. The van der Waals surface area contributed by atoms with E-state index in [0.29, 0.717) is 11.2 Å². The third-order valence-electron chi connectivity index (χ3n) is 1.43. The molecule has 12 heavy (non-hydrogen) atoms. The summed E-state index contributed by atoms with van der Waals surface area (Å²) in [6, 6.07) is 8.38. The molecule has 0 saturated heterocycles. The summed E-state index contributed by atoms with van der Waals surface area (Å²) in [6.45, 7) is 0. The largest absolute Gasteiger partial charge is 0.302 e. The molecule has 0 saturated carbocycles. The number of carbonyl (C=O) groups is 1. The lowest BCUT2D eigenvalue weighted by molar-refractivity contribution is -0.105. The molecule has 64 valence electrons. The van der Waals surface area contributed by atoms with Gasteiger partial charge < -0.3 is 4.79 Å². The molecule has 1 unspecified atom stereocenters. The Hall–Kier alpha value is -1.16. The number of carbonyl (C=O) groups excluding carboxylic acids is 1. The van der Waals surface area contributed by atoms with Crippen LogP contribution in [0.25, 0.3) is 0 Å². The topological polar surface area (TPSA) is 58.0 Å². The summed E-state index contributed by atoms with van der Waals surface area (Å²) < 4.78 is 18.8.